The van der Waals surface area contributed by atoms with Crippen molar-refractivity contribution >= 4 is 17.5 Å². The molecule has 5 rings (SSSR count). The highest BCUT2D eigenvalue weighted by Gasteiger charge is 2.34. The van der Waals surface area contributed by atoms with E-state index in [1.54, 1.807) is 12.0 Å². The lowest BCUT2D eigenvalue weighted by Gasteiger charge is -2.27. The molecule has 1 unspecified atom stereocenters. The Balaban J connectivity index is 1.29. The third-order valence-electron chi connectivity index (χ3n) is 6.10. The number of hydrogen-bond acceptors (Lipinski definition) is 4. The number of fused-ring (bicyclic) bond motifs is 2. The van der Waals surface area contributed by atoms with E-state index < -0.39 is 5.92 Å². The Morgan fingerprint density at radius 1 is 1.00 bits per heavy atom. The van der Waals surface area contributed by atoms with Gasteiger partial charge in [0.25, 0.3) is 0 Å². The van der Waals surface area contributed by atoms with Gasteiger partial charge in [-0.15, -0.1) is 0 Å². The molecule has 2 aliphatic heterocycles. The van der Waals surface area contributed by atoms with Crippen LogP contribution >= 0.6 is 0 Å². The average molecular weight is 428 g/mol. The van der Waals surface area contributed by atoms with Crippen LogP contribution in [0.2, 0.25) is 0 Å². The zero-order valence-electron chi connectivity index (χ0n) is 17.8. The third kappa shape index (κ3) is 3.68. The molecule has 2 aliphatic rings. The second kappa shape index (κ2) is 8.38. The molecule has 1 atom stereocenters. The maximum atomic E-state index is 13.3. The van der Waals surface area contributed by atoms with Crippen molar-refractivity contribution in [3.05, 3.63) is 83.9 Å². The number of carbonyl (C=O) groups is 2. The van der Waals surface area contributed by atoms with Crippen molar-refractivity contribution < 1.29 is 19.1 Å². The van der Waals surface area contributed by atoms with Crippen LogP contribution in [0.25, 0.3) is 0 Å². The second-order valence-electron chi connectivity index (χ2n) is 8.13. The summed E-state index contributed by atoms with van der Waals surface area (Å²) in [5, 5.41) is 3.09. The van der Waals surface area contributed by atoms with E-state index in [4.69, 9.17) is 9.47 Å². The molecule has 6 heteroatoms. The van der Waals surface area contributed by atoms with Gasteiger partial charge in [0.2, 0.25) is 11.8 Å². The Hall–Kier alpha value is -3.80. The number of nitrogens with one attached hydrogen (secondary N) is 1. The van der Waals surface area contributed by atoms with Crippen LogP contribution in [0.4, 0.5) is 5.69 Å². The molecule has 0 aromatic heterocycles. The Bertz CT molecular complexity index is 1110. The van der Waals surface area contributed by atoms with E-state index in [1.807, 2.05) is 72.8 Å². The molecular weight excluding hydrogens is 404 g/mol. The summed E-state index contributed by atoms with van der Waals surface area (Å²) >= 11 is 0. The summed E-state index contributed by atoms with van der Waals surface area (Å²) in [6.07, 6.45) is 0.410. The molecule has 2 amide bonds. The first-order chi connectivity index (χ1) is 15.6. The first-order valence-electron chi connectivity index (χ1n) is 10.7. The molecule has 1 fully saturated rings. The van der Waals surface area contributed by atoms with Crippen molar-refractivity contribution in [2.24, 2.45) is 5.92 Å². The van der Waals surface area contributed by atoms with Gasteiger partial charge in [0.15, 0.2) is 0 Å². The summed E-state index contributed by atoms with van der Waals surface area (Å²) in [6.45, 7) is 1.02. The normalized spacial score (nSPS) is 17.3. The molecule has 162 valence electrons. The average Bonchev–Trinajstić information content (AvgIpc) is 3.21. The molecule has 0 spiro atoms. The Labute approximate surface area is 186 Å². The molecule has 3 aromatic carbocycles. The number of para-hydroxylation sites is 2. The summed E-state index contributed by atoms with van der Waals surface area (Å²) in [4.78, 5) is 27.7. The number of carbonyl (C=O) groups excluding carboxylic acids is 2. The number of nitrogens with zero attached hydrogens (tertiary/aromatic N) is 1. The fourth-order valence-corrected chi connectivity index (χ4v) is 4.47. The zero-order valence-corrected chi connectivity index (χ0v) is 17.8. The predicted octanol–water partition coefficient (Wildman–Crippen LogP) is 4.10. The molecule has 0 saturated carbocycles. The number of methoxy groups -OCH3 is 1. The number of rotatable bonds is 5. The van der Waals surface area contributed by atoms with Crippen LogP contribution in [0.1, 0.15) is 23.5 Å². The molecule has 32 heavy (non-hydrogen) atoms. The van der Waals surface area contributed by atoms with Crippen molar-refractivity contribution in [1.82, 2.24) is 5.32 Å². The second-order valence-corrected chi connectivity index (χ2v) is 8.13. The Morgan fingerprint density at radius 3 is 2.25 bits per heavy atom. The highest BCUT2D eigenvalue weighted by molar-refractivity contribution is 5.96. The minimum absolute atomic E-state index is 0.0545. The monoisotopic (exact) mass is 428 g/mol. The molecule has 0 radical (unpaired) electrons. The molecule has 1 saturated heterocycles. The fraction of sp³-hybridized carbons (Fsp3) is 0.231. The predicted molar refractivity (Wildman–Crippen MR) is 121 cm³/mol. The first kappa shape index (κ1) is 20.1. The molecule has 0 aliphatic carbocycles. The van der Waals surface area contributed by atoms with Gasteiger partial charge in [-0.25, -0.2) is 0 Å². The molecule has 1 N–H and O–H groups in total. The van der Waals surface area contributed by atoms with Crippen LogP contribution < -0.4 is 19.7 Å². The molecule has 6 nitrogen and oxygen atoms in total. The number of hydrogen-bond donors (Lipinski definition) is 1. The maximum absolute atomic E-state index is 13.3. The van der Waals surface area contributed by atoms with Crippen LogP contribution in [0.5, 0.6) is 17.2 Å². The minimum atomic E-state index is -0.439. The molecule has 2 heterocycles. The zero-order chi connectivity index (χ0) is 22.1. The van der Waals surface area contributed by atoms with E-state index in [9.17, 15) is 9.59 Å². The molecule has 0 bridgehead atoms. The highest BCUT2D eigenvalue weighted by Crippen LogP contribution is 2.43. The minimum Gasteiger partial charge on any atom is -0.497 e. The van der Waals surface area contributed by atoms with Crippen molar-refractivity contribution in [2.45, 2.75) is 12.3 Å². The van der Waals surface area contributed by atoms with E-state index >= 15 is 0 Å². The standard InChI is InChI=1S/C26H24N2O4/c1-31-19-12-10-18(11-13-19)28-16-17(14-24(28)29)15-27-26(30)25-20-6-2-4-8-22(20)32-23-9-5-3-7-21(23)25/h2-13,17,25H,14-16H2,1H3,(H,27,30). The van der Waals surface area contributed by atoms with Gasteiger partial charge in [0.1, 0.15) is 17.2 Å². The maximum Gasteiger partial charge on any atom is 0.232 e. The van der Waals surface area contributed by atoms with Gasteiger partial charge in [-0.2, -0.15) is 0 Å². The van der Waals surface area contributed by atoms with Gasteiger partial charge in [-0.1, -0.05) is 36.4 Å². The Morgan fingerprint density at radius 2 is 1.62 bits per heavy atom. The van der Waals surface area contributed by atoms with Crippen LogP contribution in [-0.2, 0) is 9.59 Å². The first-order valence-corrected chi connectivity index (χ1v) is 10.7. The topological polar surface area (TPSA) is 67.9 Å². The third-order valence-corrected chi connectivity index (χ3v) is 6.10. The number of amides is 2. The fourth-order valence-electron chi connectivity index (χ4n) is 4.47. The van der Waals surface area contributed by atoms with Gasteiger partial charge in [0.05, 0.1) is 13.0 Å². The van der Waals surface area contributed by atoms with Gasteiger partial charge >= 0.3 is 0 Å². The summed E-state index contributed by atoms with van der Waals surface area (Å²) < 4.78 is 11.2. The van der Waals surface area contributed by atoms with E-state index in [2.05, 4.69) is 5.32 Å². The largest absolute Gasteiger partial charge is 0.497 e. The Kier molecular flexibility index (Phi) is 5.27. The number of ether oxygens (including phenoxy) is 2. The summed E-state index contributed by atoms with van der Waals surface area (Å²) in [7, 11) is 1.62. The van der Waals surface area contributed by atoms with E-state index in [1.165, 1.54) is 0 Å². The van der Waals surface area contributed by atoms with Crippen LogP contribution in [0, 0.1) is 5.92 Å². The quantitative estimate of drug-likeness (QED) is 0.664. The van der Waals surface area contributed by atoms with Gasteiger partial charge in [0, 0.05) is 42.2 Å². The van der Waals surface area contributed by atoms with Crippen molar-refractivity contribution in [3.63, 3.8) is 0 Å². The van der Waals surface area contributed by atoms with Gasteiger partial charge in [-0.3, -0.25) is 9.59 Å². The SMILES string of the molecule is COc1ccc(N2CC(CNC(=O)C3c4ccccc4Oc4ccccc43)CC2=O)cc1. The molecule has 3 aromatic rings. The number of anilines is 1. The summed E-state index contributed by atoms with van der Waals surface area (Å²) in [6, 6.07) is 22.7. The van der Waals surface area contributed by atoms with Gasteiger partial charge in [-0.05, 0) is 36.4 Å². The van der Waals surface area contributed by atoms with E-state index in [0.717, 1.165) is 22.6 Å². The lowest BCUT2D eigenvalue weighted by Crippen LogP contribution is -2.35. The summed E-state index contributed by atoms with van der Waals surface area (Å²) in [5.41, 5.74) is 2.55. The smallest absolute Gasteiger partial charge is 0.232 e. The van der Waals surface area contributed by atoms with Crippen LogP contribution in [-0.4, -0.2) is 32.0 Å². The van der Waals surface area contributed by atoms with Crippen LogP contribution in [0.15, 0.2) is 72.8 Å². The lowest BCUT2D eigenvalue weighted by molar-refractivity contribution is -0.122. The van der Waals surface area contributed by atoms with E-state index in [0.29, 0.717) is 31.0 Å². The number of benzene rings is 3. The van der Waals surface area contributed by atoms with Crippen molar-refractivity contribution in [1.29, 1.82) is 0 Å². The van der Waals surface area contributed by atoms with Gasteiger partial charge < -0.3 is 19.7 Å². The highest BCUT2D eigenvalue weighted by atomic mass is 16.5. The van der Waals surface area contributed by atoms with Crippen molar-refractivity contribution in [2.75, 3.05) is 25.1 Å². The lowest BCUT2D eigenvalue weighted by atomic mass is 9.87. The molecular formula is C26H24N2O4. The summed E-state index contributed by atoms with van der Waals surface area (Å²) in [5.74, 6) is 1.76. The van der Waals surface area contributed by atoms with Crippen molar-refractivity contribution in [3.8, 4) is 17.2 Å². The van der Waals surface area contributed by atoms with E-state index in [-0.39, 0.29) is 17.7 Å². The van der Waals surface area contributed by atoms with Crippen LogP contribution in [0.3, 0.4) is 0 Å².